The molecule has 0 unspecified atom stereocenters. The number of nitrogens with zero attached hydrogens (tertiary/aromatic N) is 3. The first kappa shape index (κ1) is 20.0. The lowest BCUT2D eigenvalue weighted by Gasteiger charge is -2.12. The maximum absolute atomic E-state index is 12.8. The molecule has 2 heterocycles. The number of ketones is 1. The Kier molecular flexibility index (Phi) is 5.31. The van der Waals surface area contributed by atoms with Gasteiger partial charge in [0.15, 0.2) is 5.78 Å². The smallest absolute Gasteiger partial charge is 0.325 e. The zero-order valence-corrected chi connectivity index (χ0v) is 15.9. The lowest BCUT2D eigenvalue weighted by Crippen LogP contribution is -2.55. The molecular weight excluding hydrogens is 376 g/mol. The number of hydrogen-bond acceptors (Lipinski definition) is 5. The predicted molar refractivity (Wildman–Crippen MR) is 107 cm³/mol. The van der Waals surface area contributed by atoms with Crippen molar-refractivity contribution in [2.45, 2.75) is 32.5 Å². The number of amides is 1. The molecule has 9 nitrogen and oxygen atoms in total. The Hall–Kier alpha value is -3.75. The average Bonchev–Trinajstić information content (AvgIpc) is 2.99. The first-order chi connectivity index (χ1) is 13.8. The van der Waals surface area contributed by atoms with Gasteiger partial charge >= 0.3 is 17.1 Å². The Morgan fingerprint density at radius 2 is 1.55 bits per heavy atom. The molecule has 1 aromatic carbocycles. The molecule has 2 aromatic rings. The van der Waals surface area contributed by atoms with Gasteiger partial charge < -0.3 is 5.32 Å². The van der Waals surface area contributed by atoms with E-state index in [1.165, 1.54) is 18.2 Å². The van der Waals surface area contributed by atoms with Crippen molar-refractivity contribution >= 4 is 17.4 Å². The summed E-state index contributed by atoms with van der Waals surface area (Å²) < 4.78 is 2.38. The van der Waals surface area contributed by atoms with Gasteiger partial charge in [-0.25, -0.2) is 28.1 Å². The highest BCUT2D eigenvalue weighted by molar-refractivity contribution is 6.04. The second-order valence-electron chi connectivity index (χ2n) is 6.67. The second kappa shape index (κ2) is 7.70. The third-order valence-corrected chi connectivity index (χ3v) is 4.80. The molecule has 3 rings (SSSR count). The number of nitrogens with one attached hydrogen (secondary N) is 1. The quantitative estimate of drug-likeness (QED) is 0.540. The van der Waals surface area contributed by atoms with Gasteiger partial charge in [-0.3, -0.25) is 9.59 Å². The maximum Gasteiger partial charge on any atom is 0.337 e. The van der Waals surface area contributed by atoms with Crippen molar-refractivity contribution < 1.29 is 9.59 Å². The molecule has 150 valence electrons. The van der Waals surface area contributed by atoms with Gasteiger partial charge in [0.1, 0.15) is 0 Å². The first-order valence-corrected chi connectivity index (χ1v) is 8.94. The van der Waals surface area contributed by atoms with Gasteiger partial charge in [-0.15, -0.1) is 13.2 Å². The molecule has 1 aromatic heterocycles. The number of Topliss-reactive ketones (excluding diaryl/α,β-unsaturated/α-hetero) is 1. The van der Waals surface area contributed by atoms with Crippen LogP contribution in [0.4, 0.5) is 5.69 Å². The van der Waals surface area contributed by atoms with Crippen LogP contribution in [0, 0.1) is 0 Å². The van der Waals surface area contributed by atoms with Crippen LogP contribution in [-0.4, -0.2) is 25.4 Å². The summed E-state index contributed by atoms with van der Waals surface area (Å²) in [6, 6.07) is 4.71. The summed E-state index contributed by atoms with van der Waals surface area (Å²) in [5.41, 5.74) is -1.01. The highest BCUT2D eigenvalue weighted by Crippen LogP contribution is 2.32. The van der Waals surface area contributed by atoms with Gasteiger partial charge in [0, 0.05) is 11.3 Å². The van der Waals surface area contributed by atoms with E-state index in [0.29, 0.717) is 11.3 Å². The molecule has 0 aliphatic carbocycles. The van der Waals surface area contributed by atoms with E-state index in [2.05, 4.69) is 18.5 Å². The molecule has 0 radical (unpaired) electrons. The maximum atomic E-state index is 12.8. The van der Waals surface area contributed by atoms with Crippen LogP contribution < -0.4 is 22.4 Å². The topological polar surface area (TPSA) is 112 Å². The summed E-state index contributed by atoms with van der Waals surface area (Å²) in [7, 11) is 0. The van der Waals surface area contributed by atoms with Crippen molar-refractivity contribution in [1.29, 1.82) is 0 Å². The van der Waals surface area contributed by atoms with Crippen LogP contribution in [0.25, 0.3) is 0 Å². The molecular formula is C20H20N4O5. The number of carbonyl (C=O) groups excluding carboxylic acids is 2. The Labute approximate surface area is 165 Å². The average molecular weight is 396 g/mol. The van der Waals surface area contributed by atoms with E-state index in [0.717, 1.165) is 13.7 Å². The normalized spacial score (nSPS) is 14.9. The van der Waals surface area contributed by atoms with Crippen molar-refractivity contribution in [2.24, 2.45) is 0 Å². The van der Waals surface area contributed by atoms with Crippen molar-refractivity contribution in [3.05, 3.63) is 86.1 Å². The Morgan fingerprint density at radius 1 is 1.00 bits per heavy atom. The van der Waals surface area contributed by atoms with E-state index < -0.39 is 35.3 Å². The first-order valence-electron chi connectivity index (χ1n) is 8.94. The third-order valence-electron chi connectivity index (χ3n) is 4.80. The van der Waals surface area contributed by atoms with Crippen molar-refractivity contribution in [3.8, 4) is 0 Å². The summed E-state index contributed by atoms with van der Waals surface area (Å²) >= 11 is 0. The SMILES string of the molecule is C=CCn1c(=O)n(CC=C)c(=O)n(CC(=O)c2ccc3c(c2)[C@H](C)C(=O)N3)c1=O. The lowest BCUT2D eigenvalue weighted by molar-refractivity contribution is -0.116. The minimum absolute atomic E-state index is 0.104. The van der Waals surface area contributed by atoms with Gasteiger partial charge in [0.05, 0.1) is 25.6 Å². The van der Waals surface area contributed by atoms with E-state index >= 15 is 0 Å². The summed E-state index contributed by atoms with van der Waals surface area (Å²) in [4.78, 5) is 62.2. The number of benzene rings is 1. The molecule has 1 amide bonds. The zero-order valence-electron chi connectivity index (χ0n) is 15.9. The molecule has 0 saturated carbocycles. The van der Waals surface area contributed by atoms with Gasteiger partial charge in [-0.1, -0.05) is 12.2 Å². The molecule has 29 heavy (non-hydrogen) atoms. The second-order valence-corrected chi connectivity index (χ2v) is 6.67. The van der Waals surface area contributed by atoms with Crippen molar-refractivity contribution in [1.82, 2.24) is 13.7 Å². The molecule has 1 atom stereocenters. The fourth-order valence-corrected chi connectivity index (χ4v) is 3.21. The van der Waals surface area contributed by atoms with Crippen LogP contribution in [0.15, 0.2) is 57.9 Å². The third kappa shape index (κ3) is 3.42. The molecule has 0 bridgehead atoms. The monoisotopic (exact) mass is 396 g/mol. The molecule has 0 spiro atoms. The number of anilines is 1. The summed E-state index contributed by atoms with van der Waals surface area (Å²) in [6.07, 6.45) is 2.70. The van der Waals surface area contributed by atoms with E-state index in [1.807, 2.05) is 0 Å². The van der Waals surface area contributed by atoms with E-state index in [9.17, 15) is 24.0 Å². The number of rotatable bonds is 7. The summed E-state index contributed by atoms with van der Waals surface area (Å²) in [6.45, 7) is 7.98. The number of fused-ring (bicyclic) bond motifs is 1. The Morgan fingerprint density at radius 3 is 2.10 bits per heavy atom. The molecule has 1 N–H and O–H groups in total. The van der Waals surface area contributed by atoms with E-state index in [-0.39, 0.29) is 24.6 Å². The van der Waals surface area contributed by atoms with Crippen LogP contribution in [0.2, 0.25) is 0 Å². The predicted octanol–water partition coefficient (Wildman–Crippen LogP) is 0.482. The standard InChI is InChI=1S/C20H20N4O5/c1-4-8-22-18(27)23(9-5-2)20(29)24(19(22)28)11-16(25)13-6-7-15-14(10-13)12(3)17(26)21-15/h4-7,10,12H,1-2,8-9,11H2,3H3,(H,21,26)/t12-/m0/s1. The van der Waals surface area contributed by atoms with Crippen molar-refractivity contribution in [2.75, 3.05) is 5.32 Å². The molecule has 1 aliphatic heterocycles. The van der Waals surface area contributed by atoms with Crippen LogP contribution in [0.5, 0.6) is 0 Å². The lowest BCUT2D eigenvalue weighted by atomic mass is 9.99. The van der Waals surface area contributed by atoms with Gasteiger partial charge in [0.25, 0.3) is 0 Å². The number of allylic oxidation sites excluding steroid dienone is 2. The highest BCUT2D eigenvalue weighted by Gasteiger charge is 2.27. The minimum Gasteiger partial charge on any atom is -0.325 e. The molecule has 0 fully saturated rings. The van der Waals surface area contributed by atoms with Gasteiger partial charge in [0.2, 0.25) is 5.91 Å². The fourth-order valence-electron chi connectivity index (χ4n) is 3.21. The van der Waals surface area contributed by atoms with Crippen molar-refractivity contribution in [3.63, 3.8) is 0 Å². The Balaban J connectivity index is 2.05. The molecule has 1 aliphatic rings. The van der Waals surface area contributed by atoms with Gasteiger partial charge in [-0.05, 0) is 30.7 Å². The largest absolute Gasteiger partial charge is 0.337 e. The van der Waals surface area contributed by atoms with Crippen LogP contribution in [-0.2, 0) is 24.4 Å². The van der Waals surface area contributed by atoms with Gasteiger partial charge in [-0.2, -0.15) is 0 Å². The Bertz CT molecular complexity index is 1170. The fraction of sp³-hybridized carbons (Fsp3) is 0.250. The van der Waals surface area contributed by atoms with E-state index in [1.54, 1.807) is 19.1 Å². The summed E-state index contributed by atoms with van der Waals surface area (Å²) in [5, 5.41) is 2.71. The van der Waals surface area contributed by atoms with Crippen LogP contribution in [0.3, 0.4) is 0 Å². The summed E-state index contributed by atoms with van der Waals surface area (Å²) in [5.74, 6) is -1.06. The zero-order chi connectivity index (χ0) is 21.3. The highest BCUT2D eigenvalue weighted by atomic mass is 16.2. The molecule has 0 saturated heterocycles. The van der Waals surface area contributed by atoms with Crippen LogP contribution in [0.1, 0.15) is 28.8 Å². The molecule has 9 heteroatoms. The van der Waals surface area contributed by atoms with E-state index in [4.69, 9.17) is 0 Å². The van der Waals surface area contributed by atoms with Crippen LogP contribution >= 0.6 is 0 Å². The number of hydrogen-bond donors (Lipinski definition) is 1. The number of carbonyl (C=O) groups is 2. The number of aromatic nitrogens is 3. The minimum atomic E-state index is -0.889.